The number of epoxide rings is 1. The van der Waals surface area contributed by atoms with Crippen molar-refractivity contribution in [3.8, 4) is 5.75 Å². The topological polar surface area (TPSA) is 21.8 Å². The molecule has 1 unspecified atom stereocenters. The number of fused-ring (bicyclic) bond motifs is 1. The average Bonchev–Trinajstić information content (AvgIpc) is 3.00. The van der Waals surface area contributed by atoms with Gasteiger partial charge < -0.3 is 9.47 Å². The fraction of sp³-hybridized carbons (Fsp3) is 0.455. The molecule has 2 nitrogen and oxygen atoms in total. The molecule has 68 valence electrons. The first-order valence-electron chi connectivity index (χ1n) is 4.79. The molecule has 1 saturated heterocycles. The highest BCUT2D eigenvalue weighted by Gasteiger charge is 2.36. The largest absolute Gasteiger partial charge is 0.487 e. The first kappa shape index (κ1) is 7.39. The van der Waals surface area contributed by atoms with Gasteiger partial charge in [-0.2, -0.15) is 0 Å². The Balaban J connectivity index is 1.85. The normalized spacial score (nSPS) is 30.5. The van der Waals surface area contributed by atoms with Gasteiger partial charge in [0.25, 0.3) is 0 Å². The molecule has 0 bridgehead atoms. The van der Waals surface area contributed by atoms with Crippen molar-refractivity contribution in [3.63, 3.8) is 0 Å². The summed E-state index contributed by atoms with van der Waals surface area (Å²) in [4.78, 5) is 0. The zero-order chi connectivity index (χ0) is 8.67. The zero-order valence-electron chi connectivity index (χ0n) is 7.40. The summed E-state index contributed by atoms with van der Waals surface area (Å²) < 4.78 is 11.1. The van der Waals surface area contributed by atoms with Crippen LogP contribution in [0.5, 0.6) is 5.75 Å². The Labute approximate surface area is 77.5 Å². The highest BCUT2D eigenvalue weighted by molar-refractivity contribution is 5.35. The van der Waals surface area contributed by atoms with Crippen molar-refractivity contribution in [3.05, 3.63) is 29.8 Å². The van der Waals surface area contributed by atoms with E-state index in [1.54, 1.807) is 0 Å². The van der Waals surface area contributed by atoms with Crippen LogP contribution in [0.15, 0.2) is 24.3 Å². The molecule has 1 fully saturated rings. The molecule has 2 heteroatoms. The lowest BCUT2D eigenvalue weighted by Crippen LogP contribution is -2.27. The van der Waals surface area contributed by atoms with Gasteiger partial charge in [0.2, 0.25) is 0 Å². The first-order chi connectivity index (χ1) is 6.43. The summed E-state index contributed by atoms with van der Waals surface area (Å²) in [5.74, 6) is 1.05. The van der Waals surface area contributed by atoms with Gasteiger partial charge in [0.15, 0.2) is 0 Å². The summed E-state index contributed by atoms with van der Waals surface area (Å²) in [6.45, 7) is 0.882. The SMILES string of the molecule is c1ccc2c(c1)CC[C@@H](C1CO1)O2. The van der Waals surface area contributed by atoms with Crippen LogP contribution < -0.4 is 4.74 Å². The van der Waals surface area contributed by atoms with Crippen molar-refractivity contribution in [1.82, 2.24) is 0 Å². The molecule has 2 aliphatic rings. The Morgan fingerprint density at radius 2 is 2.00 bits per heavy atom. The van der Waals surface area contributed by atoms with Gasteiger partial charge in [0.05, 0.1) is 6.61 Å². The van der Waals surface area contributed by atoms with E-state index in [1.165, 1.54) is 5.56 Å². The molecule has 0 N–H and O–H groups in total. The van der Waals surface area contributed by atoms with Gasteiger partial charge in [-0.1, -0.05) is 18.2 Å². The van der Waals surface area contributed by atoms with Crippen molar-refractivity contribution in [2.24, 2.45) is 0 Å². The minimum atomic E-state index is 0.301. The van der Waals surface area contributed by atoms with E-state index in [9.17, 15) is 0 Å². The van der Waals surface area contributed by atoms with Gasteiger partial charge in [-0.25, -0.2) is 0 Å². The number of ether oxygens (including phenoxy) is 2. The van der Waals surface area contributed by atoms with Crippen molar-refractivity contribution >= 4 is 0 Å². The maximum atomic E-state index is 5.83. The van der Waals surface area contributed by atoms with E-state index in [4.69, 9.17) is 9.47 Å². The fourth-order valence-corrected chi connectivity index (χ4v) is 1.88. The lowest BCUT2D eigenvalue weighted by atomic mass is 10.0. The van der Waals surface area contributed by atoms with E-state index in [2.05, 4.69) is 12.1 Å². The van der Waals surface area contributed by atoms with Crippen LogP contribution in [0.1, 0.15) is 12.0 Å². The Morgan fingerprint density at radius 3 is 2.85 bits per heavy atom. The number of hydrogen-bond donors (Lipinski definition) is 0. The third-order valence-corrected chi connectivity index (χ3v) is 2.72. The van der Waals surface area contributed by atoms with Crippen LogP contribution in [0.3, 0.4) is 0 Å². The molecule has 2 atom stereocenters. The standard InChI is InChI=1S/C11H12O2/c1-2-4-9-8(3-1)5-6-10(13-9)11-7-12-11/h1-4,10-11H,5-7H2/t10-,11?/m0/s1. The highest BCUT2D eigenvalue weighted by Crippen LogP contribution is 2.31. The van der Waals surface area contributed by atoms with E-state index < -0.39 is 0 Å². The van der Waals surface area contributed by atoms with Gasteiger partial charge in [-0.3, -0.25) is 0 Å². The van der Waals surface area contributed by atoms with E-state index in [0.29, 0.717) is 12.2 Å². The highest BCUT2D eigenvalue weighted by atomic mass is 16.6. The van der Waals surface area contributed by atoms with Gasteiger partial charge in [0, 0.05) is 0 Å². The molecule has 0 spiro atoms. The third kappa shape index (κ3) is 1.31. The summed E-state index contributed by atoms with van der Waals surface area (Å²) in [6, 6.07) is 8.27. The summed E-state index contributed by atoms with van der Waals surface area (Å²) in [5.41, 5.74) is 1.33. The monoisotopic (exact) mass is 176 g/mol. The second-order valence-electron chi connectivity index (χ2n) is 3.67. The molecule has 13 heavy (non-hydrogen) atoms. The number of benzene rings is 1. The predicted octanol–water partition coefficient (Wildman–Crippen LogP) is 1.78. The van der Waals surface area contributed by atoms with Gasteiger partial charge in [0.1, 0.15) is 18.0 Å². The van der Waals surface area contributed by atoms with Crippen molar-refractivity contribution in [2.45, 2.75) is 25.0 Å². The van der Waals surface area contributed by atoms with Gasteiger partial charge in [-0.05, 0) is 24.5 Å². The molecule has 1 aromatic carbocycles. The minimum absolute atomic E-state index is 0.301. The number of rotatable bonds is 1. The van der Waals surface area contributed by atoms with Crippen LogP contribution in [0.2, 0.25) is 0 Å². The predicted molar refractivity (Wildman–Crippen MR) is 48.9 cm³/mol. The second kappa shape index (κ2) is 2.74. The molecule has 0 radical (unpaired) electrons. The number of para-hydroxylation sites is 1. The molecule has 3 rings (SSSR count). The minimum Gasteiger partial charge on any atom is -0.487 e. The lowest BCUT2D eigenvalue weighted by Gasteiger charge is -2.24. The third-order valence-electron chi connectivity index (χ3n) is 2.72. The summed E-state index contributed by atoms with van der Waals surface area (Å²) >= 11 is 0. The van der Waals surface area contributed by atoms with Crippen molar-refractivity contribution in [2.75, 3.05) is 6.61 Å². The summed E-state index contributed by atoms with van der Waals surface area (Å²) in [7, 11) is 0. The molecule has 2 heterocycles. The second-order valence-corrected chi connectivity index (χ2v) is 3.67. The average molecular weight is 176 g/mol. The Kier molecular flexibility index (Phi) is 1.56. The fourth-order valence-electron chi connectivity index (χ4n) is 1.88. The van der Waals surface area contributed by atoms with Crippen LogP contribution in [0.25, 0.3) is 0 Å². The van der Waals surface area contributed by atoms with Gasteiger partial charge in [-0.15, -0.1) is 0 Å². The number of aryl methyl sites for hydroxylation is 1. The van der Waals surface area contributed by atoms with Crippen LogP contribution in [0, 0.1) is 0 Å². The van der Waals surface area contributed by atoms with Crippen molar-refractivity contribution in [1.29, 1.82) is 0 Å². The zero-order valence-corrected chi connectivity index (χ0v) is 7.40. The maximum Gasteiger partial charge on any atom is 0.127 e. The van der Waals surface area contributed by atoms with Gasteiger partial charge >= 0.3 is 0 Å². The first-order valence-corrected chi connectivity index (χ1v) is 4.79. The smallest absolute Gasteiger partial charge is 0.127 e. The molecule has 0 saturated carbocycles. The van der Waals surface area contributed by atoms with Crippen LogP contribution in [-0.2, 0) is 11.2 Å². The van der Waals surface area contributed by atoms with E-state index in [0.717, 1.165) is 25.2 Å². The molecule has 0 amide bonds. The van der Waals surface area contributed by atoms with Crippen LogP contribution in [-0.4, -0.2) is 18.8 Å². The number of hydrogen-bond acceptors (Lipinski definition) is 2. The maximum absolute atomic E-state index is 5.83. The Bertz CT molecular complexity index is 318. The molecule has 2 aliphatic heterocycles. The molecular formula is C11H12O2. The Hall–Kier alpha value is -1.02. The van der Waals surface area contributed by atoms with E-state index in [1.807, 2.05) is 12.1 Å². The van der Waals surface area contributed by atoms with Crippen LogP contribution >= 0.6 is 0 Å². The quantitative estimate of drug-likeness (QED) is 0.608. The molecular weight excluding hydrogens is 164 g/mol. The summed E-state index contributed by atoms with van der Waals surface area (Å²) in [5, 5.41) is 0. The molecule has 0 aromatic heterocycles. The Morgan fingerprint density at radius 1 is 1.15 bits per heavy atom. The molecule has 1 aromatic rings. The van der Waals surface area contributed by atoms with E-state index in [-0.39, 0.29) is 0 Å². The lowest BCUT2D eigenvalue weighted by molar-refractivity contribution is 0.136. The van der Waals surface area contributed by atoms with Crippen molar-refractivity contribution < 1.29 is 9.47 Å². The molecule has 0 aliphatic carbocycles. The van der Waals surface area contributed by atoms with E-state index >= 15 is 0 Å². The van der Waals surface area contributed by atoms with Crippen LogP contribution in [0.4, 0.5) is 0 Å². The summed E-state index contributed by atoms with van der Waals surface area (Å²) in [6.07, 6.45) is 2.89.